The van der Waals surface area contributed by atoms with Gasteiger partial charge in [0, 0.05) is 6.42 Å². The molecule has 0 radical (unpaired) electrons. The zero-order valence-corrected chi connectivity index (χ0v) is 13.9. The van der Waals surface area contributed by atoms with Crippen LogP contribution < -0.4 is 9.64 Å². The summed E-state index contributed by atoms with van der Waals surface area (Å²) in [6.45, 7) is 9.54. The number of quaternary nitrogens is 1. The molecule has 1 aromatic carbocycles. The van der Waals surface area contributed by atoms with Gasteiger partial charge in [0.1, 0.15) is 18.8 Å². The third-order valence-corrected chi connectivity index (χ3v) is 4.41. The van der Waals surface area contributed by atoms with Gasteiger partial charge in [-0.3, -0.25) is 0 Å². The molecule has 0 aliphatic carbocycles. The Balaban J connectivity index is 1.85. The Morgan fingerprint density at radius 1 is 1.23 bits per heavy atom. The predicted octanol–water partition coefficient (Wildman–Crippen LogP) is 1.38. The van der Waals surface area contributed by atoms with Gasteiger partial charge in [0.05, 0.1) is 32.0 Å². The van der Waals surface area contributed by atoms with Gasteiger partial charge in [-0.25, -0.2) is 0 Å². The highest BCUT2D eigenvalue weighted by atomic mass is 16.5. The van der Waals surface area contributed by atoms with Gasteiger partial charge in [0.25, 0.3) is 0 Å². The SMILES string of the molecule is CCCCOc1ccc(C(C)(O)CC[NH+]2CCOCC2)cc1. The predicted molar refractivity (Wildman–Crippen MR) is 87.4 cm³/mol. The Hall–Kier alpha value is -1.10. The first kappa shape index (κ1) is 17.3. The first-order valence-corrected chi connectivity index (χ1v) is 8.49. The van der Waals surface area contributed by atoms with Crippen LogP contribution in [0.3, 0.4) is 0 Å². The summed E-state index contributed by atoms with van der Waals surface area (Å²) in [5.41, 5.74) is 0.177. The van der Waals surface area contributed by atoms with E-state index in [9.17, 15) is 5.11 Å². The Morgan fingerprint density at radius 2 is 1.91 bits per heavy atom. The molecule has 2 rings (SSSR count). The van der Waals surface area contributed by atoms with Crippen LogP contribution in [0.2, 0.25) is 0 Å². The summed E-state index contributed by atoms with van der Waals surface area (Å²) in [5, 5.41) is 10.7. The molecule has 124 valence electrons. The van der Waals surface area contributed by atoms with Crippen molar-refractivity contribution in [1.29, 1.82) is 0 Å². The molecule has 1 aliphatic rings. The number of morpholine rings is 1. The topological polar surface area (TPSA) is 43.1 Å². The summed E-state index contributed by atoms with van der Waals surface area (Å²) in [4.78, 5) is 1.52. The maximum atomic E-state index is 10.7. The largest absolute Gasteiger partial charge is 0.494 e. The number of rotatable bonds is 8. The fourth-order valence-electron chi connectivity index (χ4n) is 2.72. The van der Waals surface area contributed by atoms with E-state index >= 15 is 0 Å². The van der Waals surface area contributed by atoms with Crippen LogP contribution in [0.5, 0.6) is 5.75 Å². The van der Waals surface area contributed by atoms with Gasteiger partial charge in [0.15, 0.2) is 0 Å². The van der Waals surface area contributed by atoms with E-state index in [1.54, 1.807) is 0 Å². The standard InChI is InChI=1S/C18H29NO3/c1-3-4-13-22-17-7-5-16(6-8-17)18(2,20)9-10-19-11-14-21-15-12-19/h5-8,20H,3-4,9-15H2,1-2H3/p+1. The van der Waals surface area contributed by atoms with Crippen LogP contribution in [0.4, 0.5) is 0 Å². The van der Waals surface area contributed by atoms with Crippen molar-refractivity contribution in [2.45, 2.75) is 38.7 Å². The average molecular weight is 308 g/mol. The van der Waals surface area contributed by atoms with Crippen LogP contribution in [0, 0.1) is 0 Å². The lowest BCUT2D eigenvalue weighted by Gasteiger charge is -2.29. The van der Waals surface area contributed by atoms with Crippen molar-refractivity contribution in [2.24, 2.45) is 0 Å². The van der Waals surface area contributed by atoms with Gasteiger partial charge in [-0.1, -0.05) is 25.5 Å². The quantitative estimate of drug-likeness (QED) is 0.713. The maximum Gasteiger partial charge on any atom is 0.119 e. The first-order chi connectivity index (χ1) is 10.6. The molecule has 0 bridgehead atoms. The van der Waals surface area contributed by atoms with Gasteiger partial charge >= 0.3 is 0 Å². The normalized spacial score (nSPS) is 18.9. The maximum absolute atomic E-state index is 10.7. The lowest BCUT2D eigenvalue weighted by molar-refractivity contribution is -0.908. The summed E-state index contributed by atoms with van der Waals surface area (Å²) < 4.78 is 11.0. The molecule has 1 aliphatic heterocycles. The molecular formula is C18H30NO3+. The zero-order chi connectivity index (χ0) is 15.8. The Kier molecular flexibility index (Phi) is 6.68. The molecule has 0 saturated carbocycles. The number of unbranched alkanes of at least 4 members (excludes halogenated alkanes) is 1. The number of benzene rings is 1. The highest BCUT2D eigenvalue weighted by Gasteiger charge is 2.26. The van der Waals surface area contributed by atoms with Crippen LogP contribution in [-0.4, -0.2) is 44.6 Å². The number of nitrogens with one attached hydrogen (secondary N) is 1. The number of hydrogen-bond acceptors (Lipinski definition) is 3. The van der Waals surface area contributed by atoms with Gasteiger partial charge in [-0.05, 0) is 31.0 Å². The van der Waals surface area contributed by atoms with E-state index < -0.39 is 5.60 Å². The van der Waals surface area contributed by atoms with Crippen molar-refractivity contribution in [1.82, 2.24) is 0 Å². The molecule has 0 spiro atoms. The summed E-state index contributed by atoms with van der Waals surface area (Å²) >= 11 is 0. The summed E-state index contributed by atoms with van der Waals surface area (Å²) in [7, 11) is 0. The molecule has 0 amide bonds. The Labute approximate surface area is 134 Å². The van der Waals surface area contributed by atoms with E-state index in [-0.39, 0.29) is 0 Å². The lowest BCUT2D eigenvalue weighted by atomic mass is 9.92. The minimum absolute atomic E-state index is 0.757. The molecule has 0 aromatic heterocycles. The first-order valence-electron chi connectivity index (χ1n) is 8.49. The Bertz CT molecular complexity index is 424. The monoisotopic (exact) mass is 308 g/mol. The van der Waals surface area contributed by atoms with Crippen LogP contribution in [0.1, 0.15) is 38.7 Å². The highest BCUT2D eigenvalue weighted by molar-refractivity contribution is 5.30. The van der Waals surface area contributed by atoms with Crippen molar-refractivity contribution in [3.8, 4) is 5.75 Å². The molecular weight excluding hydrogens is 278 g/mol. The van der Waals surface area contributed by atoms with Gasteiger partial charge in [0.2, 0.25) is 0 Å². The van der Waals surface area contributed by atoms with Gasteiger partial charge in [-0.15, -0.1) is 0 Å². The van der Waals surface area contributed by atoms with E-state index in [1.165, 1.54) is 4.90 Å². The van der Waals surface area contributed by atoms with Crippen LogP contribution in [0.25, 0.3) is 0 Å². The van der Waals surface area contributed by atoms with E-state index in [0.717, 1.165) is 70.0 Å². The zero-order valence-electron chi connectivity index (χ0n) is 13.9. The van der Waals surface area contributed by atoms with E-state index in [0.29, 0.717) is 0 Å². The molecule has 1 fully saturated rings. The van der Waals surface area contributed by atoms with Crippen LogP contribution in [0.15, 0.2) is 24.3 Å². The number of ether oxygens (including phenoxy) is 2. The second-order valence-corrected chi connectivity index (χ2v) is 6.36. The molecule has 4 heteroatoms. The third kappa shape index (κ3) is 5.27. The van der Waals surface area contributed by atoms with Crippen LogP contribution >= 0.6 is 0 Å². The summed E-state index contributed by atoms with van der Waals surface area (Å²) in [5.74, 6) is 0.881. The molecule has 1 heterocycles. The Morgan fingerprint density at radius 3 is 2.55 bits per heavy atom. The molecule has 4 nitrogen and oxygen atoms in total. The molecule has 22 heavy (non-hydrogen) atoms. The van der Waals surface area contributed by atoms with Crippen molar-refractivity contribution >= 4 is 0 Å². The molecule has 1 unspecified atom stereocenters. The summed E-state index contributed by atoms with van der Waals surface area (Å²) in [6, 6.07) is 7.88. The van der Waals surface area contributed by atoms with E-state index in [1.807, 2.05) is 31.2 Å². The molecule has 1 atom stereocenters. The minimum Gasteiger partial charge on any atom is -0.494 e. The number of hydrogen-bond donors (Lipinski definition) is 2. The number of aliphatic hydroxyl groups is 1. The van der Waals surface area contributed by atoms with Crippen LogP contribution in [-0.2, 0) is 10.3 Å². The van der Waals surface area contributed by atoms with Gasteiger partial charge in [-0.2, -0.15) is 0 Å². The smallest absolute Gasteiger partial charge is 0.119 e. The molecule has 1 saturated heterocycles. The van der Waals surface area contributed by atoms with Crippen molar-refractivity contribution in [3.63, 3.8) is 0 Å². The van der Waals surface area contributed by atoms with Crippen molar-refractivity contribution in [3.05, 3.63) is 29.8 Å². The average Bonchev–Trinajstić information content (AvgIpc) is 2.55. The van der Waals surface area contributed by atoms with Gasteiger partial charge < -0.3 is 19.5 Å². The highest BCUT2D eigenvalue weighted by Crippen LogP contribution is 2.25. The second-order valence-electron chi connectivity index (χ2n) is 6.36. The van der Waals surface area contributed by atoms with Crippen molar-refractivity contribution in [2.75, 3.05) is 39.5 Å². The van der Waals surface area contributed by atoms with Crippen molar-refractivity contribution < 1.29 is 19.5 Å². The fourth-order valence-corrected chi connectivity index (χ4v) is 2.72. The third-order valence-electron chi connectivity index (χ3n) is 4.41. The second kappa shape index (κ2) is 8.51. The lowest BCUT2D eigenvalue weighted by Crippen LogP contribution is -3.14. The minimum atomic E-state index is -0.784. The fraction of sp³-hybridized carbons (Fsp3) is 0.667. The molecule has 2 N–H and O–H groups in total. The molecule has 1 aromatic rings. The summed E-state index contributed by atoms with van der Waals surface area (Å²) in [6.07, 6.45) is 2.97. The van der Waals surface area contributed by atoms with E-state index in [4.69, 9.17) is 9.47 Å². The van der Waals surface area contributed by atoms with E-state index in [2.05, 4.69) is 6.92 Å².